The molecule has 1 aromatic heterocycles. The van der Waals surface area contributed by atoms with Gasteiger partial charge in [0, 0.05) is 22.6 Å². The molecule has 7 heteroatoms. The maximum atomic E-state index is 12.6. The summed E-state index contributed by atoms with van der Waals surface area (Å²) in [6.45, 7) is 1.62. The Bertz CT molecular complexity index is 1180. The van der Waals surface area contributed by atoms with Crippen LogP contribution in [0.2, 0.25) is 0 Å². The van der Waals surface area contributed by atoms with Gasteiger partial charge in [0.15, 0.2) is 11.5 Å². The lowest BCUT2D eigenvalue weighted by Gasteiger charge is -2.18. The third kappa shape index (κ3) is 3.80. The Kier molecular flexibility index (Phi) is 5.55. The standard InChI is InChI=1S/C23H21NO5S/c1-13-10-17(25)22(23(26)29-13)16-12-21(30-20-7-5-4-6-15(20)24-16)14-8-9-18(27-2)19(11-14)28-3/h4-11,21,25H,12H2,1-3H3/t21-/m0/s1. The minimum Gasteiger partial charge on any atom is -0.507 e. The molecule has 154 valence electrons. The number of para-hydroxylation sites is 1. The van der Waals surface area contributed by atoms with Crippen LogP contribution < -0.4 is 15.1 Å². The van der Waals surface area contributed by atoms with Crippen LogP contribution in [0.3, 0.4) is 0 Å². The molecule has 1 atom stereocenters. The van der Waals surface area contributed by atoms with Gasteiger partial charge in [-0.25, -0.2) is 4.79 Å². The Morgan fingerprint density at radius 3 is 2.60 bits per heavy atom. The first-order chi connectivity index (χ1) is 14.5. The van der Waals surface area contributed by atoms with Gasteiger partial charge in [-0.1, -0.05) is 18.2 Å². The van der Waals surface area contributed by atoms with Crippen LogP contribution in [0.1, 0.15) is 28.6 Å². The van der Waals surface area contributed by atoms with Crippen molar-refractivity contribution in [2.75, 3.05) is 14.2 Å². The summed E-state index contributed by atoms with van der Waals surface area (Å²) in [5.74, 6) is 1.50. The van der Waals surface area contributed by atoms with Crippen LogP contribution in [0, 0.1) is 6.92 Å². The Labute approximate surface area is 178 Å². The normalized spacial score (nSPS) is 15.7. The first-order valence-corrected chi connectivity index (χ1v) is 10.3. The van der Waals surface area contributed by atoms with Crippen LogP contribution in [0.4, 0.5) is 5.69 Å². The predicted octanol–water partition coefficient (Wildman–Crippen LogP) is 5.03. The number of rotatable bonds is 4. The van der Waals surface area contributed by atoms with Crippen molar-refractivity contribution in [2.45, 2.75) is 23.5 Å². The molecule has 2 aromatic carbocycles. The summed E-state index contributed by atoms with van der Waals surface area (Å²) in [5, 5.41) is 10.4. The van der Waals surface area contributed by atoms with E-state index in [1.54, 1.807) is 32.9 Å². The maximum Gasteiger partial charge on any atom is 0.348 e. The molecule has 4 rings (SSSR count). The van der Waals surface area contributed by atoms with E-state index in [1.807, 2.05) is 42.5 Å². The Morgan fingerprint density at radius 1 is 1.10 bits per heavy atom. The molecule has 6 nitrogen and oxygen atoms in total. The quantitative estimate of drug-likeness (QED) is 0.634. The topological polar surface area (TPSA) is 81.3 Å². The number of hydrogen-bond acceptors (Lipinski definition) is 7. The van der Waals surface area contributed by atoms with Gasteiger partial charge in [-0.3, -0.25) is 4.99 Å². The molecular formula is C23H21NO5S. The van der Waals surface area contributed by atoms with Crippen molar-refractivity contribution < 1.29 is 19.0 Å². The molecule has 0 saturated heterocycles. The number of thioether (sulfide) groups is 1. The zero-order chi connectivity index (χ0) is 21.3. The van der Waals surface area contributed by atoms with Gasteiger partial charge in [0.25, 0.3) is 0 Å². The van der Waals surface area contributed by atoms with Gasteiger partial charge >= 0.3 is 5.63 Å². The summed E-state index contributed by atoms with van der Waals surface area (Å²) < 4.78 is 16.1. The SMILES string of the molecule is COc1ccc([C@@H]2CC(c3c(O)cc(C)oc3=O)=Nc3ccccc3S2)cc1OC. The largest absolute Gasteiger partial charge is 0.507 e. The van der Waals surface area contributed by atoms with Crippen LogP contribution in [0.15, 0.2) is 67.6 Å². The highest BCUT2D eigenvalue weighted by molar-refractivity contribution is 7.99. The number of methoxy groups -OCH3 is 2. The fraction of sp³-hybridized carbons (Fsp3) is 0.217. The lowest BCUT2D eigenvalue weighted by Crippen LogP contribution is -2.17. The molecule has 30 heavy (non-hydrogen) atoms. The van der Waals surface area contributed by atoms with Crippen molar-refractivity contribution >= 4 is 23.2 Å². The van der Waals surface area contributed by atoms with E-state index in [0.717, 1.165) is 16.1 Å². The molecule has 3 aromatic rings. The first kappa shape index (κ1) is 20.1. The van der Waals surface area contributed by atoms with Crippen LogP contribution >= 0.6 is 11.8 Å². The smallest absolute Gasteiger partial charge is 0.348 e. The van der Waals surface area contributed by atoms with Gasteiger partial charge in [0.1, 0.15) is 17.1 Å². The molecule has 0 bridgehead atoms. The van der Waals surface area contributed by atoms with E-state index in [2.05, 4.69) is 0 Å². The number of ether oxygens (including phenoxy) is 2. The fourth-order valence-corrected chi connectivity index (χ4v) is 4.69. The van der Waals surface area contributed by atoms with Crippen molar-refractivity contribution in [2.24, 2.45) is 4.99 Å². The minimum absolute atomic E-state index is 0.0627. The number of aliphatic imine (C=N–C) groups is 1. The second-order valence-corrected chi connectivity index (χ2v) is 8.10. The monoisotopic (exact) mass is 423 g/mol. The molecule has 1 aliphatic rings. The van der Waals surface area contributed by atoms with Crippen LogP contribution in [0.25, 0.3) is 0 Å². The summed E-state index contributed by atoms with van der Waals surface area (Å²) in [4.78, 5) is 18.3. The molecule has 1 N–H and O–H groups in total. The van der Waals surface area contributed by atoms with E-state index in [-0.39, 0.29) is 16.6 Å². The highest BCUT2D eigenvalue weighted by Crippen LogP contribution is 2.47. The van der Waals surface area contributed by atoms with E-state index in [4.69, 9.17) is 18.9 Å². The third-order valence-corrected chi connectivity index (χ3v) is 6.21. The lowest BCUT2D eigenvalue weighted by molar-refractivity contribution is 0.354. The number of fused-ring (bicyclic) bond motifs is 1. The summed E-state index contributed by atoms with van der Waals surface area (Å²) in [6, 6.07) is 14.9. The molecule has 0 saturated carbocycles. The predicted molar refractivity (Wildman–Crippen MR) is 117 cm³/mol. The second-order valence-electron chi connectivity index (χ2n) is 6.86. The minimum atomic E-state index is -0.596. The Balaban J connectivity index is 1.85. The molecule has 0 spiro atoms. The van der Waals surface area contributed by atoms with Crippen molar-refractivity contribution in [3.8, 4) is 17.2 Å². The van der Waals surface area contributed by atoms with Gasteiger partial charge < -0.3 is 19.0 Å². The lowest BCUT2D eigenvalue weighted by atomic mass is 10.0. The molecule has 0 amide bonds. The number of benzene rings is 2. The number of aromatic hydroxyl groups is 1. The first-order valence-electron chi connectivity index (χ1n) is 9.39. The number of aryl methyl sites for hydroxylation is 1. The summed E-state index contributed by atoms with van der Waals surface area (Å²) >= 11 is 1.65. The molecular weight excluding hydrogens is 402 g/mol. The van der Waals surface area contributed by atoms with Crippen LogP contribution in [0.5, 0.6) is 17.2 Å². The van der Waals surface area contributed by atoms with E-state index >= 15 is 0 Å². The zero-order valence-corrected chi connectivity index (χ0v) is 17.7. The molecule has 1 aliphatic heterocycles. The van der Waals surface area contributed by atoms with Gasteiger partial charge in [-0.15, -0.1) is 11.8 Å². The molecule has 0 aliphatic carbocycles. The summed E-state index contributed by atoms with van der Waals surface area (Å²) in [5.41, 5.74) is 1.74. The Hall–Kier alpha value is -3.19. The van der Waals surface area contributed by atoms with Crippen molar-refractivity contribution in [1.82, 2.24) is 0 Å². The second kappa shape index (κ2) is 8.28. The zero-order valence-electron chi connectivity index (χ0n) is 16.8. The highest BCUT2D eigenvalue weighted by atomic mass is 32.2. The van der Waals surface area contributed by atoms with Crippen LogP contribution in [-0.4, -0.2) is 25.0 Å². The number of nitrogens with zero attached hydrogens (tertiary/aromatic N) is 1. The molecule has 0 unspecified atom stereocenters. The molecule has 0 radical (unpaired) electrons. The third-order valence-electron chi connectivity index (χ3n) is 4.89. The number of hydrogen-bond donors (Lipinski definition) is 1. The van der Waals surface area contributed by atoms with Crippen molar-refractivity contribution in [1.29, 1.82) is 0 Å². The summed E-state index contributed by atoms with van der Waals surface area (Å²) in [7, 11) is 3.19. The van der Waals surface area contributed by atoms with E-state index in [1.165, 1.54) is 6.07 Å². The van der Waals surface area contributed by atoms with E-state index < -0.39 is 5.63 Å². The molecule has 2 heterocycles. The van der Waals surface area contributed by atoms with Crippen molar-refractivity contribution in [3.05, 3.63) is 75.8 Å². The van der Waals surface area contributed by atoms with Gasteiger partial charge in [0.05, 0.1) is 25.6 Å². The average Bonchev–Trinajstić information content (AvgIpc) is 2.92. The van der Waals surface area contributed by atoms with Gasteiger partial charge in [-0.2, -0.15) is 0 Å². The Morgan fingerprint density at radius 2 is 1.87 bits per heavy atom. The van der Waals surface area contributed by atoms with Gasteiger partial charge in [0.2, 0.25) is 0 Å². The van der Waals surface area contributed by atoms with Gasteiger partial charge in [-0.05, 0) is 36.8 Å². The fourth-order valence-electron chi connectivity index (χ4n) is 3.47. The summed E-state index contributed by atoms with van der Waals surface area (Å²) in [6.07, 6.45) is 0.427. The highest BCUT2D eigenvalue weighted by Gasteiger charge is 2.27. The van der Waals surface area contributed by atoms with E-state index in [9.17, 15) is 9.90 Å². The van der Waals surface area contributed by atoms with E-state index in [0.29, 0.717) is 29.4 Å². The maximum absolute atomic E-state index is 12.6. The van der Waals surface area contributed by atoms with Crippen LogP contribution in [-0.2, 0) is 0 Å². The van der Waals surface area contributed by atoms with Crippen molar-refractivity contribution in [3.63, 3.8) is 0 Å². The molecule has 0 fully saturated rings. The average molecular weight is 423 g/mol.